The second-order valence-electron chi connectivity index (χ2n) is 12.5. The number of primary amides is 1. The summed E-state index contributed by atoms with van der Waals surface area (Å²) >= 11 is 0. The van der Waals surface area contributed by atoms with Gasteiger partial charge in [-0.15, -0.1) is 0 Å². The number of hydrogen-bond acceptors (Lipinski definition) is 8. The van der Waals surface area contributed by atoms with E-state index in [9.17, 15) is 14.7 Å². The largest absolute Gasteiger partial charge is 0.489 e. The van der Waals surface area contributed by atoms with Crippen LogP contribution in [0.3, 0.4) is 0 Å². The van der Waals surface area contributed by atoms with E-state index >= 15 is 0 Å². The van der Waals surface area contributed by atoms with Crippen LogP contribution in [0.4, 0.5) is 0 Å². The number of benzene rings is 1. The first-order valence-electron chi connectivity index (χ1n) is 14.8. The molecule has 0 fully saturated rings. The van der Waals surface area contributed by atoms with Gasteiger partial charge in [-0.3, -0.25) is 9.59 Å². The second kappa shape index (κ2) is 16.2. The van der Waals surface area contributed by atoms with Crippen LogP contribution in [0, 0.1) is 29.1 Å². The molecule has 0 bridgehead atoms. The molecular weight excluding hydrogens is 526 g/mol. The maximum absolute atomic E-state index is 13.0. The number of fused-ring (bicyclic) bond motifs is 1. The summed E-state index contributed by atoms with van der Waals surface area (Å²) in [6.07, 6.45) is 1.43. The van der Waals surface area contributed by atoms with Gasteiger partial charge in [0, 0.05) is 38.6 Å². The lowest BCUT2D eigenvalue weighted by Crippen LogP contribution is -2.46. The van der Waals surface area contributed by atoms with E-state index in [0.717, 1.165) is 18.4 Å². The minimum atomic E-state index is -0.863. The summed E-state index contributed by atoms with van der Waals surface area (Å²) in [5.74, 6) is 1.26. The van der Waals surface area contributed by atoms with Gasteiger partial charge in [-0.05, 0) is 68.6 Å². The molecule has 10 nitrogen and oxygen atoms in total. The lowest BCUT2D eigenvalue weighted by atomic mass is 9.80. The molecule has 0 aromatic heterocycles. The molecule has 0 saturated heterocycles. The lowest BCUT2D eigenvalue weighted by molar-refractivity contribution is -0.130. The highest BCUT2D eigenvalue weighted by atomic mass is 16.6. The topological polar surface area (TPSA) is 155 Å². The number of nitrogens with one attached hydrogen (secondary N) is 1. The third-order valence-corrected chi connectivity index (χ3v) is 7.94. The van der Waals surface area contributed by atoms with Crippen molar-refractivity contribution in [2.45, 2.75) is 79.4 Å². The number of rotatable bonds is 18. The fourth-order valence-electron chi connectivity index (χ4n) is 4.83. The maximum atomic E-state index is 13.0. The Bertz CT molecular complexity index is 983. The van der Waals surface area contributed by atoms with Crippen molar-refractivity contribution in [1.82, 2.24) is 5.32 Å². The summed E-state index contributed by atoms with van der Waals surface area (Å²) in [6, 6.07) is 3.49. The SMILES string of the molecule is COCCCOc1cc(C[C@@H](C[C@H](N)[C@@H](O)C[C@H](C(=O)NCC(C)(C)C(N)=O)C(C)C)C(C)C)cc2c1OCCO2. The van der Waals surface area contributed by atoms with Crippen molar-refractivity contribution >= 4 is 11.8 Å². The first-order valence-corrected chi connectivity index (χ1v) is 14.8. The van der Waals surface area contributed by atoms with E-state index in [4.69, 9.17) is 30.4 Å². The Morgan fingerprint density at radius 1 is 1.07 bits per heavy atom. The number of aliphatic hydroxyl groups is 1. The molecule has 4 atom stereocenters. The molecule has 2 amide bonds. The Labute approximate surface area is 245 Å². The molecule has 0 spiro atoms. The van der Waals surface area contributed by atoms with E-state index in [1.54, 1.807) is 21.0 Å². The molecule has 0 radical (unpaired) electrons. The quantitative estimate of drug-likeness (QED) is 0.193. The van der Waals surface area contributed by atoms with Crippen molar-refractivity contribution in [3.63, 3.8) is 0 Å². The summed E-state index contributed by atoms with van der Waals surface area (Å²) in [6.45, 7) is 13.8. The van der Waals surface area contributed by atoms with Gasteiger partial charge in [0.2, 0.25) is 17.6 Å². The highest BCUT2D eigenvalue weighted by Crippen LogP contribution is 2.41. The zero-order valence-corrected chi connectivity index (χ0v) is 26.0. The number of ether oxygens (including phenoxy) is 4. The van der Waals surface area contributed by atoms with Crippen molar-refractivity contribution in [3.05, 3.63) is 17.7 Å². The average molecular weight is 580 g/mol. The molecule has 10 heteroatoms. The summed E-state index contributed by atoms with van der Waals surface area (Å²) in [4.78, 5) is 24.6. The van der Waals surface area contributed by atoms with Crippen LogP contribution in [0.15, 0.2) is 12.1 Å². The van der Waals surface area contributed by atoms with E-state index in [1.807, 2.05) is 26.0 Å². The molecule has 1 aromatic rings. The van der Waals surface area contributed by atoms with Crippen LogP contribution in [0.1, 0.15) is 66.4 Å². The van der Waals surface area contributed by atoms with Gasteiger partial charge in [-0.2, -0.15) is 0 Å². The number of hydrogen-bond donors (Lipinski definition) is 4. The molecule has 0 unspecified atom stereocenters. The zero-order valence-electron chi connectivity index (χ0n) is 26.0. The van der Waals surface area contributed by atoms with E-state index in [0.29, 0.717) is 56.0 Å². The summed E-state index contributed by atoms with van der Waals surface area (Å²) in [7, 11) is 1.66. The summed E-state index contributed by atoms with van der Waals surface area (Å²) < 4.78 is 22.9. The van der Waals surface area contributed by atoms with Gasteiger partial charge in [0.25, 0.3) is 0 Å². The van der Waals surface area contributed by atoms with Gasteiger partial charge < -0.3 is 40.8 Å². The van der Waals surface area contributed by atoms with Gasteiger partial charge in [-0.1, -0.05) is 27.7 Å². The maximum Gasteiger partial charge on any atom is 0.224 e. The number of carbonyl (C=O) groups is 2. The van der Waals surface area contributed by atoms with Crippen molar-refractivity contribution in [3.8, 4) is 17.2 Å². The number of methoxy groups -OCH3 is 1. The first kappa shape index (κ1) is 34.6. The molecule has 0 aliphatic carbocycles. The van der Waals surface area contributed by atoms with Crippen LogP contribution < -0.4 is 31.0 Å². The van der Waals surface area contributed by atoms with Crippen LogP contribution in [0.5, 0.6) is 17.2 Å². The zero-order chi connectivity index (χ0) is 30.7. The Morgan fingerprint density at radius 3 is 2.37 bits per heavy atom. The molecular formula is C31H53N3O7. The minimum absolute atomic E-state index is 0.0190. The second-order valence-corrected chi connectivity index (χ2v) is 12.5. The van der Waals surface area contributed by atoms with Crippen molar-refractivity contribution in [1.29, 1.82) is 0 Å². The Hall–Kier alpha value is -2.56. The molecule has 1 aliphatic rings. The lowest BCUT2D eigenvalue weighted by Gasteiger charge is -2.31. The van der Waals surface area contributed by atoms with Gasteiger partial charge in [0.15, 0.2) is 11.5 Å². The van der Waals surface area contributed by atoms with E-state index < -0.39 is 29.4 Å². The van der Waals surface area contributed by atoms with Crippen molar-refractivity contribution < 1.29 is 33.6 Å². The minimum Gasteiger partial charge on any atom is -0.489 e. The molecule has 234 valence electrons. The number of nitrogens with two attached hydrogens (primary N) is 2. The third-order valence-electron chi connectivity index (χ3n) is 7.94. The van der Waals surface area contributed by atoms with Gasteiger partial charge in [0.05, 0.1) is 18.1 Å². The van der Waals surface area contributed by atoms with Crippen LogP contribution >= 0.6 is 0 Å². The van der Waals surface area contributed by atoms with E-state index in [-0.39, 0.29) is 30.7 Å². The third kappa shape index (κ3) is 10.7. The van der Waals surface area contributed by atoms with Gasteiger partial charge in [0.1, 0.15) is 13.2 Å². The van der Waals surface area contributed by atoms with Crippen molar-refractivity contribution in [2.75, 3.05) is 40.1 Å². The number of amides is 2. The fourth-order valence-corrected chi connectivity index (χ4v) is 4.83. The molecule has 1 heterocycles. The average Bonchev–Trinajstić information content (AvgIpc) is 2.91. The predicted octanol–water partition coefficient (Wildman–Crippen LogP) is 3.06. The van der Waals surface area contributed by atoms with Gasteiger partial charge in [-0.25, -0.2) is 0 Å². The highest BCUT2D eigenvalue weighted by Gasteiger charge is 2.32. The first-order chi connectivity index (χ1) is 19.3. The Kier molecular flexibility index (Phi) is 13.7. The Morgan fingerprint density at radius 2 is 1.76 bits per heavy atom. The molecule has 41 heavy (non-hydrogen) atoms. The molecule has 6 N–H and O–H groups in total. The summed E-state index contributed by atoms with van der Waals surface area (Å²) in [5.41, 5.74) is 12.2. The normalized spacial score (nSPS) is 16.3. The monoisotopic (exact) mass is 579 g/mol. The van der Waals surface area contributed by atoms with Crippen LogP contribution in [-0.4, -0.2) is 69.1 Å². The number of carbonyl (C=O) groups excluding carboxylic acids is 2. The molecule has 1 aliphatic heterocycles. The molecule has 2 rings (SSSR count). The van der Waals surface area contributed by atoms with Crippen LogP contribution in [0.2, 0.25) is 0 Å². The predicted molar refractivity (Wildman–Crippen MR) is 159 cm³/mol. The van der Waals surface area contributed by atoms with E-state index in [1.165, 1.54) is 0 Å². The smallest absolute Gasteiger partial charge is 0.224 e. The molecule has 0 saturated carbocycles. The highest BCUT2D eigenvalue weighted by molar-refractivity contribution is 5.83. The molecule has 1 aromatic carbocycles. The number of aliphatic hydroxyl groups excluding tert-OH is 1. The van der Waals surface area contributed by atoms with E-state index in [2.05, 4.69) is 19.2 Å². The Balaban J connectivity index is 2.09. The summed E-state index contributed by atoms with van der Waals surface area (Å²) in [5, 5.41) is 13.9. The van der Waals surface area contributed by atoms with Crippen LogP contribution in [0.25, 0.3) is 0 Å². The van der Waals surface area contributed by atoms with Gasteiger partial charge >= 0.3 is 0 Å². The standard InChI is InChI=1S/C31H53N3O7/c1-19(2)22(13-21-14-26(39-10-8-9-38-7)28-27(15-21)40-11-12-41-28)16-24(32)25(35)17-23(20(3)4)29(36)34-18-31(5,6)30(33)37/h14-15,19-20,22-25,35H,8-13,16-18,32H2,1-7H3,(H2,33,37)(H,34,36)/t22-,23-,24-,25-/m0/s1. The van der Waals surface area contributed by atoms with Crippen molar-refractivity contribution in [2.24, 2.45) is 40.6 Å². The van der Waals surface area contributed by atoms with Crippen LogP contribution in [-0.2, 0) is 20.7 Å². The fraction of sp³-hybridized carbons (Fsp3) is 0.742.